The first-order valence-electron chi connectivity index (χ1n) is 11.7. The van der Waals surface area contributed by atoms with Gasteiger partial charge in [-0.05, 0) is 16.7 Å². The molecule has 0 bridgehead atoms. The molecule has 4 rings (SSSR count). The molecule has 1 amide bonds. The summed E-state index contributed by atoms with van der Waals surface area (Å²) >= 11 is 1.55. The molecule has 1 fully saturated rings. The SMILES string of the molecule is C=CCOC(=O)NCc1ccc([C@H]2O[C@@H](CSc3ncn[nH]3)[C@@H](C)[C@@H](c3ccc(CO)cc3)O2)cc1. The van der Waals surface area contributed by atoms with E-state index in [1.54, 1.807) is 11.8 Å². The van der Waals surface area contributed by atoms with E-state index in [1.165, 1.54) is 12.4 Å². The van der Waals surface area contributed by atoms with Gasteiger partial charge in [0.25, 0.3) is 0 Å². The molecule has 1 aromatic heterocycles. The van der Waals surface area contributed by atoms with Gasteiger partial charge in [0, 0.05) is 23.8 Å². The van der Waals surface area contributed by atoms with Crippen LogP contribution in [0.3, 0.4) is 0 Å². The fourth-order valence-electron chi connectivity index (χ4n) is 3.89. The number of hydrogen-bond donors (Lipinski definition) is 3. The van der Waals surface area contributed by atoms with Crippen molar-refractivity contribution < 1.29 is 24.1 Å². The molecule has 3 aromatic rings. The standard InChI is InChI=1S/C26H30N4O5S/c1-3-12-33-26(32)27-13-18-4-10-21(11-5-18)24-34-22(15-36-25-28-16-29-30-25)17(2)23(35-24)20-8-6-19(14-31)7-9-20/h3-11,16-17,22-24,31H,1,12-15H2,2H3,(H,27,32)(H,28,29,30)/t17-,22+,23+,24+/m1/s1. The predicted molar refractivity (Wildman–Crippen MR) is 135 cm³/mol. The summed E-state index contributed by atoms with van der Waals surface area (Å²) in [4.78, 5) is 15.9. The monoisotopic (exact) mass is 510 g/mol. The summed E-state index contributed by atoms with van der Waals surface area (Å²) in [5.41, 5.74) is 3.69. The first-order chi connectivity index (χ1) is 17.6. The Balaban J connectivity index is 1.48. The van der Waals surface area contributed by atoms with Gasteiger partial charge in [-0.25, -0.2) is 9.78 Å². The molecule has 1 saturated heterocycles. The van der Waals surface area contributed by atoms with E-state index in [9.17, 15) is 9.90 Å². The number of benzene rings is 2. The third-order valence-corrected chi connectivity index (χ3v) is 6.89. The van der Waals surface area contributed by atoms with Crippen molar-refractivity contribution in [1.82, 2.24) is 20.5 Å². The summed E-state index contributed by atoms with van der Waals surface area (Å²) in [6, 6.07) is 15.6. The second-order valence-electron chi connectivity index (χ2n) is 8.41. The summed E-state index contributed by atoms with van der Waals surface area (Å²) in [6.07, 6.45) is 1.64. The summed E-state index contributed by atoms with van der Waals surface area (Å²) < 4.78 is 17.8. The lowest BCUT2D eigenvalue weighted by atomic mass is 9.91. The van der Waals surface area contributed by atoms with E-state index in [4.69, 9.17) is 14.2 Å². The summed E-state index contributed by atoms with van der Waals surface area (Å²) in [6.45, 7) is 6.15. The van der Waals surface area contributed by atoms with Crippen LogP contribution in [0.1, 0.15) is 41.6 Å². The molecule has 10 heteroatoms. The largest absolute Gasteiger partial charge is 0.445 e. The number of thioether (sulfide) groups is 1. The number of ether oxygens (including phenoxy) is 3. The quantitative estimate of drug-likeness (QED) is 0.273. The number of H-pyrrole nitrogens is 1. The average molecular weight is 511 g/mol. The second kappa shape index (κ2) is 12.7. The van der Waals surface area contributed by atoms with Gasteiger partial charge in [-0.15, -0.1) is 0 Å². The molecule has 1 aliphatic heterocycles. The van der Waals surface area contributed by atoms with Crippen LogP contribution in [0.2, 0.25) is 0 Å². The number of aromatic amines is 1. The number of nitrogens with zero attached hydrogens (tertiary/aromatic N) is 2. The van der Waals surface area contributed by atoms with Crippen molar-refractivity contribution in [2.45, 2.75) is 43.7 Å². The van der Waals surface area contributed by atoms with Crippen molar-refractivity contribution in [3.63, 3.8) is 0 Å². The fraction of sp³-hybridized carbons (Fsp3) is 0.346. The number of aromatic nitrogens is 3. The number of carbonyl (C=O) groups excluding carboxylic acids is 1. The van der Waals surface area contributed by atoms with Gasteiger partial charge < -0.3 is 24.6 Å². The maximum atomic E-state index is 11.7. The van der Waals surface area contributed by atoms with Gasteiger partial charge in [-0.1, -0.05) is 79.9 Å². The number of alkyl carbamates (subject to hydrolysis) is 1. The van der Waals surface area contributed by atoms with Crippen LogP contribution in [0.4, 0.5) is 4.79 Å². The van der Waals surface area contributed by atoms with Gasteiger partial charge in [0.2, 0.25) is 0 Å². The third-order valence-electron chi connectivity index (χ3n) is 5.92. The summed E-state index contributed by atoms with van der Waals surface area (Å²) in [7, 11) is 0. The molecule has 0 radical (unpaired) electrons. The molecule has 9 nitrogen and oxygen atoms in total. The first kappa shape index (κ1) is 25.9. The molecule has 0 unspecified atom stereocenters. The maximum absolute atomic E-state index is 11.7. The number of amides is 1. The van der Waals surface area contributed by atoms with Crippen molar-refractivity contribution in [2.75, 3.05) is 12.4 Å². The minimum atomic E-state index is -0.566. The maximum Gasteiger partial charge on any atom is 0.407 e. The van der Waals surface area contributed by atoms with Crippen molar-refractivity contribution in [2.24, 2.45) is 5.92 Å². The minimum absolute atomic E-state index is 0.00325. The Bertz CT molecular complexity index is 1110. The van der Waals surface area contributed by atoms with Crippen LogP contribution in [-0.2, 0) is 27.4 Å². The van der Waals surface area contributed by atoms with Crippen molar-refractivity contribution in [1.29, 1.82) is 0 Å². The highest BCUT2D eigenvalue weighted by Gasteiger charge is 2.38. The van der Waals surface area contributed by atoms with E-state index < -0.39 is 12.4 Å². The van der Waals surface area contributed by atoms with E-state index in [0.717, 1.165) is 27.4 Å². The van der Waals surface area contributed by atoms with Gasteiger partial charge in [0.1, 0.15) is 12.9 Å². The summed E-state index contributed by atoms with van der Waals surface area (Å²) in [5.74, 6) is 0.748. The zero-order valence-electron chi connectivity index (χ0n) is 20.0. The van der Waals surface area contributed by atoms with Crippen LogP contribution >= 0.6 is 11.8 Å². The van der Waals surface area contributed by atoms with E-state index in [-0.39, 0.29) is 31.3 Å². The molecule has 1 aliphatic rings. The Kier molecular flexibility index (Phi) is 9.12. The highest BCUT2D eigenvalue weighted by atomic mass is 32.2. The van der Waals surface area contributed by atoms with Gasteiger partial charge in [0.15, 0.2) is 11.4 Å². The van der Waals surface area contributed by atoms with Gasteiger partial charge in [0.05, 0.1) is 18.8 Å². The average Bonchev–Trinajstić information content (AvgIpc) is 3.44. The molecule has 0 spiro atoms. The number of aliphatic hydroxyl groups is 1. The smallest absolute Gasteiger partial charge is 0.407 e. The molecule has 2 aromatic carbocycles. The van der Waals surface area contributed by atoms with Crippen LogP contribution in [0.5, 0.6) is 0 Å². The lowest BCUT2D eigenvalue weighted by molar-refractivity contribution is -0.268. The van der Waals surface area contributed by atoms with E-state index in [1.807, 2.05) is 48.5 Å². The lowest BCUT2D eigenvalue weighted by Gasteiger charge is -2.41. The Morgan fingerprint density at radius 2 is 1.89 bits per heavy atom. The van der Waals surface area contributed by atoms with Crippen LogP contribution < -0.4 is 5.32 Å². The topological polar surface area (TPSA) is 119 Å². The van der Waals surface area contributed by atoms with Crippen molar-refractivity contribution in [3.8, 4) is 0 Å². The number of aliphatic hydroxyl groups excluding tert-OH is 1. The van der Waals surface area contributed by atoms with Gasteiger partial charge in [-0.3, -0.25) is 5.10 Å². The summed E-state index contributed by atoms with van der Waals surface area (Å²) in [5, 5.41) is 19.6. The Morgan fingerprint density at radius 1 is 1.17 bits per heavy atom. The van der Waals surface area contributed by atoms with Crippen LogP contribution in [0.15, 0.2) is 72.7 Å². The van der Waals surface area contributed by atoms with E-state index in [0.29, 0.717) is 12.3 Å². The van der Waals surface area contributed by atoms with Crippen LogP contribution in [-0.4, -0.2) is 44.8 Å². The Morgan fingerprint density at radius 3 is 2.56 bits per heavy atom. The van der Waals surface area contributed by atoms with E-state index in [2.05, 4.69) is 34.0 Å². The molecular weight excluding hydrogens is 480 g/mol. The number of rotatable bonds is 10. The molecule has 0 saturated carbocycles. The third kappa shape index (κ3) is 6.73. The van der Waals surface area contributed by atoms with Crippen molar-refractivity contribution in [3.05, 3.63) is 89.8 Å². The molecule has 2 heterocycles. The zero-order chi connectivity index (χ0) is 25.3. The molecule has 190 valence electrons. The predicted octanol–water partition coefficient (Wildman–Crippen LogP) is 4.29. The Labute approximate surface area is 214 Å². The molecule has 3 N–H and O–H groups in total. The fourth-order valence-corrected chi connectivity index (χ4v) is 4.83. The highest BCUT2D eigenvalue weighted by molar-refractivity contribution is 7.99. The molecule has 36 heavy (non-hydrogen) atoms. The van der Waals surface area contributed by atoms with E-state index >= 15 is 0 Å². The first-order valence-corrected chi connectivity index (χ1v) is 12.6. The van der Waals surface area contributed by atoms with Crippen LogP contribution in [0.25, 0.3) is 0 Å². The molecule has 0 aliphatic carbocycles. The Hall–Kier alpha value is -3.18. The normalized spacial score (nSPS) is 21.6. The molecular formula is C26H30N4O5S. The second-order valence-corrected chi connectivity index (χ2v) is 9.41. The van der Waals surface area contributed by atoms with Crippen LogP contribution in [0, 0.1) is 5.92 Å². The number of nitrogens with one attached hydrogen (secondary N) is 2. The van der Waals surface area contributed by atoms with Gasteiger partial charge in [-0.2, -0.15) is 5.10 Å². The van der Waals surface area contributed by atoms with Crippen molar-refractivity contribution >= 4 is 17.9 Å². The molecule has 4 atom stereocenters. The number of hydrogen-bond acceptors (Lipinski definition) is 8. The highest BCUT2D eigenvalue weighted by Crippen LogP contribution is 2.42. The lowest BCUT2D eigenvalue weighted by Crippen LogP contribution is -2.38. The van der Waals surface area contributed by atoms with Gasteiger partial charge >= 0.3 is 6.09 Å². The number of carbonyl (C=O) groups is 1. The minimum Gasteiger partial charge on any atom is -0.445 e. The zero-order valence-corrected chi connectivity index (χ0v) is 20.8.